The second kappa shape index (κ2) is 9.92. The van der Waals surface area contributed by atoms with Gasteiger partial charge in [0.1, 0.15) is 11.5 Å². The average Bonchev–Trinajstić information content (AvgIpc) is 2.81. The largest absolute Gasteiger partial charge is 0.383 e. The van der Waals surface area contributed by atoms with Gasteiger partial charge in [-0.15, -0.1) is 0 Å². The molecule has 0 unspecified atom stereocenters. The van der Waals surface area contributed by atoms with Crippen LogP contribution in [0.25, 0.3) is 10.9 Å². The number of nitrogens with two attached hydrogens (primary N) is 1. The van der Waals surface area contributed by atoms with Crippen LogP contribution in [0.1, 0.15) is 30.9 Å². The van der Waals surface area contributed by atoms with Crippen molar-refractivity contribution in [2.75, 3.05) is 10.6 Å². The van der Waals surface area contributed by atoms with Gasteiger partial charge in [0.25, 0.3) is 5.56 Å². The molecule has 0 amide bonds. The molecule has 170 valence electrons. The third-order valence-electron chi connectivity index (χ3n) is 5.64. The van der Waals surface area contributed by atoms with Gasteiger partial charge in [-0.05, 0) is 35.7 Å². The predicted molar refractivity (Wildman–Crippen MR) is 134 cm³/mol. The summed E-state index contributed by atoms with van der Waals surface area (Å²) >= 11 is 6.38. The number of benzene rings is 2. The first kappa shape index (κ1) is 22.6. The Morgan fingerprint density at radius 3 is 2.61 bits per heavy atom. The molecule has 4 aromatic rings. The van der Waals surface area contributed by atoms with E-state index in [2.05, 4.69) is 9.97 Å². The van der Waals surface area contributed by atoms with Gasteiger partial charge in [-0.2, -0.15) is 0 Å². The summed E-state index contributed by atoms with van der Waals surface area (Å²) in [5.74, 6) is 0.166. The first-order chi connectivity index (χ1) is 16.0. The molecule has 0 saturated carbocycles. The molecule has 0 saturated heterocycles. The van der Waals surface area contributed by atoms with E-state index in [1.165, 1.54) is 4.57 Å². The summed E-state index contributed by atoms with van der Waals surface area (Å²) in [6, 6.07) is 17.3. The lowest BCUT2D eigenvalue weighted by Crippen LogP contribution is -2.38. The number of hydrogen-bond donors (Lipinski definition) is 2. The average molecular weight is 464 g/mol. The van der Waals surface area contributed by atoms with E-state index in [0.717, 1.165) is 34.9 Å². The van der Waals surface area contributed by atoms with Crippen LogP contribution in [0, 0.1) is 0 Å². The number of rotatable bonds is 8. The van der Waals surface area contributed by atoms with Crippen LogP contribution in [0.15, 0.2) is 70.4 Å². The van der Waals surface area contributed by atoms with Crippen LogP contribution in [0.3, 0.4) is 0 Å². The normalized spacial score (nSPS) is 11.1. The summed E-state index contributed by atoms with van der Waals surface area (Å²) in [7, 11) is 0. The summed E-state index contributed by atoms with van der Waals surface area (Å²) in [5.41, 5.74) is 8.38. The molecule has 0 aliphatic heterocycles. The minimum Gasteiger partial charge on any atom is -0.383 e. The van der Waals surface area contributed by atoms with Crippen LogP contribution in [0.5, 0.6) is 0 Å². The van der Waals surface area contributed by atoms with E-state index in [1.54, 1.807) is 6.20 Å². The molecule has 3 N–H and O–H groups in total. The van der Waals surface area contributed by atoms with Gasteiger partial charge in [-0.1, -0.05) is 61.3 Å². The van der Waals surface area contributed by atoms with E-state index >= 15 is 0 Å². The van der Waals surface area contributed by atoms with Crippen LogP contribution in [0.4, 0.5) is 11.5 Å². The number of H-pyrrole nitrogens is 1. The lowest BCUT2D eigenvalue weighted by atomic mass is 10.1. The molecule has 0 aliphatic rings. The molecule has 2 aromatic carbocycles. The highest BCUT2D eigenvalue weighted by Gasteiger charge is 2.21. The fraction of sp³-hybridized carbons (Fsp3) is 0.240. The SMILES string of the molecule is CCCCn1c(N)c(N(Cc2ccccc2)Cc2ccc(Cl)c3cccnc23)c(=O)[nH]c1=O. The van der Waals surface area contributed by atoms with Crippen LogP contribution in [0.2, 0.25) is 5.02 Å². The monoisotopic (exact) mass is 463 g/mol. The third kappa shape index (κ3) is 4.78. The summed E-state index contributed by atoms with van der Waals surface area (Å²) in [4.78, 5) is 34.3. The molecule has 0 radical (unpaired) electrons. The molecule has 8 heteroatoms. The number of nitrogen functional groups attached to an aromatic ring is 1. The summed E-state index contributed by atoms with van der Waals surface area (Å²) in [6.45, 7) is 3.26. The van der Waals surface area contributed by atoms with Crippen LogP contribution < -0.4 is 21.9 Å². The molecule has 0 aliphatic carbocycles. The van der Waals surface area contributed by atoms with Crippen molar-refractivity contribution in [2.24, 2.45) is 0 Å². The number of nitrogens with zero attached hydrogens (tertiary/aromatic N) is 3. The number of nitrogens with one attached hydrogen (secondary N) is 1. The Balaban J connectivity index is 1.85. The number of fused-ring (bicyclic) bond motifs is 1. The molecule has 33 heavy (non-hydrogen) atoms. The highest BCUT2D eigenvalue weighted by atomic mass is 35.5. The number of aromatic amines is 1. The molecule has 0 atom stereocenters. The molecular formula is C25H26ClN5O2. The van der Waals surface area contributed by atoms with Crippen molar-refractivity contribution >= 4 is 34.0 Å². The fourth-order valence-corrected chi connectivity index (χ4v) is 4.18. The lowest BCUT2D eigenvalue weighted by Gasteiger charge is -2.27. The first-order valence-electron chi connectivity index (χ1n) is 10.9. The molecule has 0 spiro atoms. The maximum Gasteiger partial charge on any atom is 0.330 e. The van der Waals surface area contributed by atoms with Gasteiger partial charge in [0.15, 0.2) is 0 Å². The van der Waals surface area contributed by atoms with Crippen molar-refractivity contribution in [2.45, 2.75) is 39.4 Å². The van der Waals surface area contributed by atoms with E-state index in [9.17, 15) is 9.59 Å². The molecule has 0 bridgehead atoms. The Labute approximate surface area is 196 Å². The van der Waals surface area contributed by atoms with Crippen molar-refractivity contribution in [1.29, 1.82) is 0 Å². The van der Waals surface area contributed by atoms with Gasteiger partial charge < -0.3 is 10.6 Å². The lowest BCUT2D eigenvalue weighted by molar-refractivity contribution is 0.602. The number of hydrogen-bond acceptors (Lipinski definition) is 5. The quantitative estimate of drug-likeness (QED) is 0.405. The fourth-order valence-electron chi connectivity index (χ4n) is 3.97. The van der Waals surface area contributed by atoms with Crippen LogP contribution in [-0.2, 0) is 19.6 Å². The Bertz CT molecular complexity index is 1380. The summed E-state index contributed by atoms with van der Waals surface area (Å²) < 4.78 is 1.44. The summed E-state index contributed by atoms with van der Waals surface area (Å²) in [5, 5.41) is 1.45. The maximum atomic E-state index is 13.0. The third-order valence-corrected chi connectivity index (χ3v) is 5.97. The minimum absolute atomic E-state index is 0.166. The first-order valence-corrected chi connectivity index (χ1v) is 11.3. The summed E-state index contributed by atoms with van der Waals surface area (Å²) in [6.07, 6.45) is 3.40. The van der Waals surface area contributed by atoms with Crippen molar-refractivity contribution in [3.63, 3.8) is 0 Å². The Hall–Kier alpha value is -3.58. The number of halogens is 1. The molecule has 2 aromatic heterocycles. The van der Waals surface area contributed by atoms with Gasteiger partial charge in [0, 0.05) is 36.2 Å². The minimum atomic E-state index is -0.507. The molecular weight excluding hydrogens is 438 g/mol. The second-order valence-electron chi connectivity index (χ2n) is 7.95. The van der Waals surface area contributed by atoms with E-state index in [1.807, 2.05) is 66.4 Å². The van der Waals surface area contributed by atoms with Crippen molar-refractivity contribution in [3.05, 3.63) is 97.8 Å². The molecule has 0 fully saturated rings. The highest BCUT2D eigenvalue weighted by molar-refractivity contribution is 6.35. The van der Waals surface area contributed by atoms with E-state index in [-0.39, 0.29) is 11.5 Å². The standard InChI is InChI=1S/C25H26ClN5O2/c1-2-3-14-31-23(27)22(24(32)29-25(31)33)30(15-17-8-5-4-6-9-17)16-18-11-12-20(26)19-10-7-13-28-21(18)19/h4-13H,2-3,14-16,27H2,1H3,(H,29,32,33). The van der Waals surface area contributed by atoms with E-state index in [4.69, 9.17) is 17.3 Å². The second-order valence-corrected chi connectivity index (χ2v) is 8.35. The Morgan fingerprint density at radius 2 is 1.85 bits per heavy atom. The zero-order valence-electron chi connectivity index (χ0n) is 18.4. The van der Waals surface area contributed by atoms with Crippen molar-refractivity contribution < 1.29 is 0 Å². The predicted octanol–water partition coefficient (Wildman–Crippen LogP) is 4.33. The number of anilines is 2. The number of aromatic nitrogens is 3. The van der Waals surface area contributed by atoms with E-state index < -0.39 is 11.2 Å². The Morgan fingerprint density at radius 1 is 1.06 bits per heavy atom. The van der Waals surface area contributed by atoms with Crippen molar-refractivity contribution in [1.82, 2.24) is 14.5 Å². The van der Waals surface area contributed by atoms with Gasteiger partial charge in [-0.25, -0.2) is 4.79 Å². The van der Waals surface area contributed by atoms with Crippen LogP contribution in [-0.4, -0.2) is 14.5 Å². The topological polar surface area (TPSA) is 97.0 Å². The van der Waals surface area contributed by atoms with Gasteiger partial charge in [0.2, 0.25) is 0 Å². The number of unbranched alkanes of at least 4 members (excludes halogenated alkanes) is 1. The van der Waals surface area contributed by atoms with Crippen molar-refractivity contribution in [3.8, 4) is 0 Å². The smallest absolute Gasteiger partial charge is 0.330 e. The van der Waals surface area contributed by atoms with Gasteiger partial charge in [0.05, 0.1) is 5.52 Å². The molecule has 7 nitrogen and oxygen atoms in total. The maximum absolute atomic E-state index is 13.0. The van der Waals surface area contributed by atoms with Gasteiger partial charge >= 0.3 is 5.69 Å². The van der Waals surface area contributed by atoms with Crippen LogP contribution >= 0.6 is 11.6 Å². The van der Waals surface area contributed by atoms with Gasteiger partial charge in [-0.3, -0.25) is 19.3 Å². The highest BCUT2D eigenvalue weighted by Crippen LogP contribution is 2.28. The zero-order valence-corrected chi connectivity index (χ0v) is 19.2. The zero-order chi connectivity index (χ0) is 23.4. The molecule has 2 heterocycles. The number of pyridine rings is 1. The molecule has 4 rings (SSSR count). The Kier molecular flexibility index (Phi) is 6.79. The van der Waals surface area contributed by atoms with E-state index in [0.29, 0.717) is 24.7 Å².